The molecule has 118 valence electrons. The highest BCUT2D eigenvalue weighted by Gasteiger charge is 2.41. The summed E-state index contributed by atoms with van der Waals surface area (Å²) >= 11 is 0. The lowest BCUT2D eigenvalue weighted by molar-refractivity contribution is 0.160. The smallest absolute Gasteiger partial charge is 0.248 e. The first kappa shape index (κ1) is 14.8. The number of sulfonamides is 1. The van der Waals surface area contributed by atoms with Crippen LogP contribution in [0, 0.1) is 12.3 Å². The molecule has 0 unspecified atom stereocenters. The molecule has 2 aliphatic rings. The Labute approximate surface area is 126 Å². The van der Waals surface area contributed by atoms with Crippen LogP contribution in [-0.4, -0.2) is 35.6 Å². The minimum Gasteiger partial charge on any atom is -0.381 e. The SMILES string of the molecule is Cc1c(S(=O)(=O)N2CCC3(CCCC3)CC2)c(N)nn1C. The number of nitrogens with zero attached hydrogens (tertiary/aromatic N) is 3. The summed E-state index contributed by atoms with van der Waals surface area (Å²) in [7, 11) is -1.81. The van der Waals surface area contributed by atoms with Gasteiger partial charge in [-0.15, -0.1) is 0 Å². The van der Waals surface area contributed by atoms with Crippen molar-refractivity contribution in [3.8, 4) is 0 Å². The molecule has 2 heterocycles. The van der Waals surface area contributed by atoms with Crippen LogP contribution < -0.4 is 5.73 Å². The molecule has 6 nitrogen and oxygen atoms in total. The van der Waals surface area contributed by atoms with E-state index in [1.54, 1.807) is 18.3 Å². The van der Waals surface area contributed by atoms with E-state index in [1.807, 2.05) is 0 Å². The van der Waals surface area contributed by atoms with Crippen molar-refractivity contribution in [3.05, 3.63) is 5.69 Å². The summed E-state index contributed by atoms with van der Waals surface area (Å²) in [5.41, 5.74) is 6.82. The Hall–Kier alpha value is -1.08. The highest BCUT2D eigenvalue weighted by molar-refractivity contribution is 7.89. The Bertz CT molecular complexity index is 634. The number of nitrogens with two attached hydrogens (primary N) is 1. The van der Waals surface area contributed by atoms with Crippen molar-refractivity contribution in [1.29, 1.82) is 0 Å². The van der Waals surface area contributed by atoms with Crippen molar-refractivity contribution < 1.29 is 8.42 Å². The van der Waals surface area contributed by atoms with Crippen molar-refractivity contribution in [2.75, 3.05) is 18.8 Å². The van der Waals surface area contributed by atoms with Gasteiger partial charge in [-0.1, -0.05) is 12.8 Å². The number of anilines is 1. The lowest BCUT2D eigenvalue weighted by Crippen LogP contribution is -2.42. The maximum atomic E-state index is 12.8. The first-order valence-corrected chi connectivity index (χ1v) is 9.09. The summed E-state index contributed by atoms with van der Waals surface area (Å²) in [5, 5.41) is 4.03. The van der Waals surface area contributed by atoms with Gasteiger partial charge in [0.1, 0.15) is 4.90 Å². The Morgan fingerprint density at radius 3 is 2.19 bits per heavy atom. The molecule has 0 bridgehead atoms. The molecule has 1 spiro atoms. The zero-order chi connectivity index (χ0) is 15.3. The molecule has 21 heavy (non-hydrogen) atoms. The summed E-state index contributed by atoms with van der Waals surface area (Å²) < 4.78 is 28.8. The predicted molar refractivity (Wildman–Crippen MR) is 81.3 cm³/mol. The third-order valence-corrected chi connectivity index (χ3v) is 7.41. The van der Waals surface area contributed by atoms with Gasteiger partial charge < -0.3 is 5.73 Å². The second kappa shape index (κ2) is 4.98. The number of hydrogen-bond acceptors (Lipinski definition) is 4. The topological polar surface area (TPSA) is 81.2 Å². The fraction of sp³-hybridized carbons (Fsp3) is 0.786. The van der Waals surface area contributed by atoms with Crippen molar-refractivity contribution >= 4 is 15.8 Å². The lowest BCUT2D eigenvalue weighted by Gasteiger charge is -2.38. The number of aromatic nitrogens is 2. The van der Waals surface area contributed by atoms with Crippen LogP contribution in [-0.2, 0) is 17.1 Å². The first-order valence-electron chi connectivity index (χ1n) is 7.65. The molecule has 1 saturated heterocycles. The van der Waals surface area contributed by atoms with Crippen LogP contribution >= 0.6 is 0 Å². The van der Waals surface area contributed by atoms with Gasteiger partial charge in [-0.3, -0.25) is 4.68 Å². The van der Waals surface area contributed by atoms with Gasteiger partial charge >= 0.3 is 0 Å². The molecule has 3 rings (SSSR count). The van der Waals surface area contributed by atoms with Crippen LogP contribution in [0.3, 0.4) is 0 Å². The van der Waals surface area contributed by atoms with Crippen molar-refractivity contribution in [1.82, 2.24) is 14.1 Å². The zero-order valence-electron chi connectivity index (χ0n) is 12.8. The molecular formula is C14H24N4O2S. The predicted octanol–water partition coefficient (Wildman–Crippen LogP) is 1.66. The van der Waals surface area contributed by atoms with E-state index in [1.165, 1.54) is 30.4 Å². The van der Waals surface area contributed by atoms with E-state index in [9.17, 15) is 8.42 Å². The molecule has 1 aliphatic carbocycles. The number of piperidine rings is 1. The highest BCUT2D eigenvalue weighted by atomic mass is 32.2. The third-order valence-electron chi connectivity index (χ3n) is 5.35. The maximum absolute atomic E-state index is 12.8. The average molecular weight is 312 g/mol. The average Bonchev–Trinajstić information content (AvgIpc) is 2.96. The largest absolute Gasteiger partial charge is 0.381 e. The van der Waals surface area contributed by atoms with Gasteiger partial charge in [-0.05, 0) is 38.0 Å². The minimum absolute atomic E-state index is 0.108. The molecule has 0 atom stereocenters. The fourth-order valence-corrected chi connectivity index (χ4v) is 5.62. The first-order chi connectivity index (χ1) is 9.86. The molecule has 7 heteroatoms. The van der Waals surface area contributed by atoms with Crippen LogP contribution in [0.4, 0.5) is 5.82 Å². The molecule has 1 aromatic rings. The molecule has 2 fully saturated rings. The fourth-order valence-electron chi connectivity index (χ4n) is 3.89. The van der Waals surface area contributed by atoms with Gasteiger partial charge in [0.05, 0.1) is 5.69 Å². The molecular weight excluding hydrogens is 288 g/mol. The van der Waals surface area contributed by atoms with Gasteiger partial charge in [-0.2, -0.15) is 9.40 Å². The number of hydrogen-bond donors (Lipinski definition) is 1. The Morgan fingerprint density at radius 1 is 1.14 bits per heavy atom. The third kappa shape index (κ3) is 2.36. The van der Waals surface area contributed by atoms with Crippen molar-refractivity contribution in [2.45, 2.75) is 50.3 Å². The minimum atomic E-state index is -3.52. The number of rotatable bonds is 2. The summed E-state index contributed by atoms with van der Waals surface area (Å²) in [6.45, 7) is 2.96. The van der Waals surface area contributed by atoms with E-state index >= 15 is 0 Å². The molecule has 1 aliphatic heterocycles. The van der Waals surface area contributed by atoms with E-state index in [-0.39, 0.29) is 10.7 Å². The Kier molecular flexibility index (Phi) is 3.52. The van der Waals surface area contributed by atoms with Crippen LogP contribution in [0.5, 0.6) is 0 Å². The van der Waals surface area contributed by atoms with Crippen molar-refractivity contribution in [3.63, 3.8) is 0 Å². The molecule has 0 amide bonds. The monoisotopic (exact) mass is 312 g/mol. The summed E-state index contributed by atoms with van der Waals surface area (Å²) in [4.78, 5) is 0.187. The van der Waals surface area contributed by atoms with Gasteiger partial charge in [-0.25, -0.2) is 8.42 Å². The van der Waals surface area contributed by atoms with Crippen LogP contribution in [0.1, 0.15) is 44.2 Å². The zero-order valence-corrected chi connectivity index (χ0v) is 13.6. The normalized spacial score (nSPS) is 23.0. The van der Waals surface area contributed by atoms with Gasteiger partial charge in [0, 0.05) is 20.1 Å². The Balaban J connectivity index is 1.83. The molecule has 1 saturated carbocycles. The van der Waals surface area contributed by atoms with Crippen LogP contribution in [0.25, 0.3) is 0 Å². The summed E-state index contributed by atoms with van der Waals surface area (Å²) in [6, 6.07) is 0. The van der Waals surface area contributed by atoms with E-state index in [0.717, 1.165) is 12.8 Å². The van der Waals surface area contributed by atoms with Gasteiger partial charge in [0.2, 0.25) is 10.0 Å². The van der Waals surface area contributed by atoms with Gasteiger partial charge in [0.15, 0.2) is 5.82 Å². The second-order valence-corrected chi connectivity index (χ2v) is 8.41. The lowest BCUT2D eigenvalue weighted by atomic mass is 9.78. The van der Waals surface area contributed by atoms with E-state index in [2.05, 4.69) is 5.10 Å². The molecule has 1 aromatic heterocycles. The standard InChI is InChI=1S/C14H24N4O2S/c1-11-12(13(15)16-17(11)2)21(19,20)18-9-7-14(8-10-18)5-3-4-6-14/h3-10H2,1-2H3,(H2,15,16). The molecule has 0 aromatic carbocycles. The van der Waals surface area contributed by atoms with E-state index < -0.39 is 10.0 Å². The highest BCUT2D eigenvalue weighted by Crippen LogP contribution is 2.47. The number of aryl methyl sites for hydroxylation is 1. The Morgan fingerprint density at radius 2 is 1.71 bits per heavy atom. The van der Waals surface area contributed by atoms with Crippen molar-refractivity contribution in [2.24, 2.45) is 12.5 Å². The van der Waals surface area contributed by atoms with E-state index in [4.69, 9.17) is 5.73 Å². The van der Waals surface area contributed by atoms with Gasteiger partial charge in [0.25, 0.3) is 0 Å². The molecule has 0 radical (unpaired) electrons. The quantitative estimate of drug-likeness (QED) is 0.900. The molecule has 2 N–H and O–H groups in total. The maximum Gasteiger partial charge on any atom is 0.248 e. The van der Waals surface area contributed by atoms with Crippen LogP contribution in [0.2, 0.25) is 0 Å². The summed E-state index contributed by atoms with van der Waals surface area (Å²) in [6.07, 6.45) is 7.06. The van der Waals surface area contributed by atoms with Crippen LogP contribution in [0.15, 0.2) is 4.90 Å². The second-order valence-electron chi connectivity index (χ2n) is 6.53. The van der Waals surface area contributed by atoms with E-state index in [0.29, 0.717) is 24.2 Å². The summed E-state index contributed by atoms with van der Waals surface area (Å²) in [5.74, 6) is 0.108. The number of nitrogen functional groups attached to an aromatic ring is 1.